The van der Waals surface area contributed by atoms with Crippen LogP contribution in [-0.4, -0.2) is 17.7 Å². The summed E-state index contributed by atoms with van der Waals surface area (Å²) >= 11 is 0. The molecule has 4 nitrogen and oxygen atoms in total. The van der Waals surface area contributed by atoms with E-state index in [9.17, 15) is 9.59 Å². The highest BCUT2D eigenvalue weighted by atomic mass is 16.2. The highest BCUT2D eigenvalue weighted by Crippen LogP contribution is 2.23. The number of rotatable bonds is 8. The van der Waals surface area contributed by atoms with E-state index >= 15 is 0 Å². The Hall–Kier alpha value is -2.46. The fraction of sp³-hybridized carbons (Fsp3) is 0.391. The highest BCUT2D eigenvalue weighted by molar-refractivity contribution is 5.98. The first-order chi connectivity index (χ1) is 12.8. The van der Waals surface area contributed by atoms with E-state index in [1.54, 1.807) is 24.3 Å². The molecule has 0 aliphatic carbocycles. The number of Topliss-reactive ketones (excluding diaryl/α,β-unsaturated/α-hetero) is 1. The molecule has 0 unspecified atom stereocenters. The zero-order valence-electron chi connectivity index (χ0n) is 16.9. The number of carbonyl (C=O) groups is 2. The van der Waals surface area contributed by atoms with Crippen molar-refractivity contribution >= 4 is 17.4 Å². The number of amides is 1. The fourth-order valence-electron chi connectivity index (χ4n) is 3.05. The first-order valence-electron chi connectivity index (χ1n) is 9.58. The Balaban J connectivity index is 2.07. The maximum atomic E-state index is 12.6. The molecule has 0 spiro atoms. The molecule has 0 aromatic heterocycles. The Kier molecular flexibility index (Phi) is 7.31. The van der Waals surface area contributed by atoms with Crippen LogP contribution in [0.5, 0.6) is 0 Å². The fourth-order valence-corrected chi connectivity index (χ4v) is 3.05. The molecule has 27 heavy (non-hydrogen) atoms. The molecule has 0 bridgehead atoms. The number of hydrogen-bond acceptors (Lipinski definition) is 3. The van der Waals surface area contributed by atoms with Crippen LogP contribution in [0.3, 0.4) is 0 Å². The van der Waals surface area contributed by atoms with Gasteiger partial charge in [0.25, 0.3) is 0 Å². The van der Waals surface area contributed by atoms with Gasteiger partial charge >= 0.3 is 0 Å². The topological polar surface area (TPSA) is 58.2 Å². The Morgan fingerprint density at radius 1 is 1.00 bits per heavy atom. The van der Waals surface area contributed by atoms with Crippen LogP contribution in [0.2, 0.25) is 0 Å². The van der Waals surface area contributed by atoms with Gasteiger partial charge in [0.2, 0.25) is 5.91 Å². The normalized spacial score (nSPS) is 13.3. The third-order valence-electron chi connectivity index (χ3n) is 4.77. The van der Waals surface area contributed by atoms with Gasteiger partial charge in [0, 0.05) is 17.3 Å². The molecule has 2 aromatic carbocycles. The van der Waals surface area contributed by atoms with Gasteiger partial charge in [-0.2, -0.15) is 0 Å². The lowest BCUT2D eigenvalue weighted by atomic mass is 9.94. The first-order valence-corrected chi connectivity index (χ1v) is 9.58. The summed E-state index contributed by atoms with van der Waals surface area (Å²) in [6.07, 6.45) is 1.01. The molecule has 4 heteroatoms. The minimum atomic E-state index is -0.371. The van der Waals surface area contributed by atoms with Gasteiger partial charge in [-0.25, -0.2) is 0 Å². The molecule has 0 heterocycles. The molecule has 0 aliphatic heterocycles. The number of ketones is 1. The summed E-state index contributed by atoms with van der Waals surface area (Å²) < 4.78 is 0. The molecule has 144 valence electrons. The molecule has 2 N–H and O–H groups in total. The summed E-state index contributed by atoms with van der Waals surface area (Å²) in [5.41, 5.74) is 3.71. The summed E-state index contributed by atoms with van der Waals surface area (Å²) in [7, 11) is 0. The van der Waals surface area contributed by atoms with E-state index in [0.717, 1.165) is 6.42 Å². The molecule has 0 saturated heterocycles. The predicted molar refractivity (Wildman–Crippen MR) is 111 cm³/mol. The Bertz CT molecular complexity index is 781. The van der Waals surface area contributed by atoms with Crippen molar-refractivity contribution in [2.75, 3.05) is 5.32 Å². The molecular formula is C23H30N2O2. The third-order valence-corrected chi connectivity index (χ3v) is 4.77. The Morgan fingerprint density at radius 3 is 2.22 bits per heavy atom. The molecule has 0 aliphatic rings. The second-order valence-corrected chi connectivity index (χ2v) is 7.33. The second kappa shape index (κ2) is 9.47. The van der Waals surface area contributed by atoms with Crippen molar-refractivity contribution in [3.05, 3.63) is 65.2 Å². The second-order valence-electron chi connectivity index (χ2n) is 7.33. The van der Waals surface area contributed by atoms with Gasteiger partial charge in [0.05, 0.1) is 6.04 Å². The van der Waals surface area contributed by atoms with E-state index in [-0.39, 0.29) is 23.8 Å². The van der Waals surface area contributed by atoms with Gasteiger partial charge in [-0.15, -0.1) is 0 Å². The molecule has 1 amide bonds. The largest absolute Gasteiger partial charge is 0.325 e. The van der Waals surface area contributed by atoms with E-state index in [4.69, 9.17) is 0 Å². The number of hydrogen-bond donors (Lipinski definition) is 2. The lowest BCUT2D eigenvalue weighted by Gasteiger charge is -2.26. The van der Waals surface area contributed by atoms with Crippen LogP contribution in [0.15, 0.2) is 48.5 Å². The summed E-state index contributed by atoms with van der Waals surface area (Å²) in [6, 6.07) is 15.3. The molecule has 0 radical (unpaired) electrons. The number of nitrogens with one attached hydrogen (secondary N) is 2. The summed E-state index contributed by atoms with van der Waals surface area (Å²) in [5.74, 6) is 0.202. The summed E-state index contributed by atoms with van der Waals surface area (Å²) in [4.78, 5) is 24.1. The first kappa shape index (κ1) is 20.8. The van der Waals surface area contributed by atoms with Crippen LogP contribution < -0.4 is 10.6 Å². The minimum absolute atomic E-state index is 0.0207. The molecule has 2 aromatic rings. The van der Waals surface area contributed by atoms with Gasteiger partial charge in [0.1, 0.15) is 0 Å². The lowest BCUT2D eigenvalue weighted by molar-refractivity contribution is -0.118. The number of aryl methyl sites for hydroxylation is 1. The van der Waals surface area contributed by atoms with Crippen molar-refractivity contribution in [3.63, 3.8) is 0 Å². The van der Waals surface area contributed by atoms with Crippen molar-refractivity contribution in [2.24, 2.45) is 5.92 Å². The van der Waals surface area contributed by atoms with Crippen LogP contribution in [-0.2, 0) is 11.2 Å². The lowest BCUT2D eigenvalue weighted by Crippen LogP contribution is -2.41. The average molecular weight is 367 g/mol. The smallest absolute Gasteiger partial charge is 0.241 e. The van der Waals surface area contributed by atoms with E-state index < -0.39 is 0 Å². The van der Waals surface area contributed by atoms with Crippen LogP contribution in [0.25, 0.3) is 0 Å². The maximum Gasteiger partial charge on any atom is 0.241 e. The SMILES string of the molecule is CCc1ccc([C@@H](N[C@@H](C)C(=O)Nc2cccc(C(C)=O)c2)C(C)C)cc1. The molecular weight excluding hydrogens is 336 g/mol. The van der Waals surface area contributed by atoms with Crippen LogP contribution in [0.4, 0.5) is 5.69 Å². The standard InChI is InChI=1S/C23H30N2O2/c1-6-18-10-12-19(13-11-18)22(15(2)3)24-16(4)23(27)25-21-9-7-8-20(14-21)17(5)26/h7-16,22,24H,6H2,1-5H3,(H,25,27)/t16-,22-/m0/s1. The molecule has 0 fully saturated rings. The maximum absolute atomic E-state index is 12.6. The van der Waals surface area contributed by atoms with Crippen LogP contribution in [0.1, 0.15) is 62.1 Å². The van der Waals surface area contributed by atoms with E-state index in [0.29, 0.717) is 17.2 Å². The minimum Gasteiger partial charge on any atom is -0.325 e. The van der Waals surface area contributed by atoms with Gasteiger partial charge in [0.15, 0.2) is 5.78 Å². The monoisotopic (exact) mass is 366 g/mol. The van der Waals surface area contributed by atoms with E-state index in [1.165, 1.54) is 18.1 Å². The zero-order valence-corrected chi connectivity index (χ0v) is 16.9. The quantitative estimate of drug-likeness (QED) is 0.662. The number of benzene rings is 2. The van der Waals surface area contributed by atoms with Crippen molar-refractivity contribution in [3.8, 4) is 0 Å². The molecule has 2 rings (SSSR count). The van der Waals surface area contributed by atoms with Gasteiger partial charge in [-0.1, -0.05) is 57.2 Å². The zero-order chi connectivity index (χ0) is 20.0. The van der Waals surface area contributed by atoms with Crippen molar-refractivity contribution in [1.29, 1.82) is 0 Å². The van der Waals surface area contributed by atoms with Crippen molar-refractivity contribution < 1.29 is 9.59 Å². The van der Waals surface area contributed by atoms with Crippen molar-refractivity contribution in [1.82, 2.24) is 5.32 Å². The van der Waals surface area contributed by atoms with Crippen LogP contribution >= 0.6 is 0 Å². The number of carbonyl (C=O) groups excluding carboxylic acids is 2. The average Bonchev–Trinajstić information content (AvgIpc) is 2.66. The predicted octanol–water partition coefficient (Wildman–Crippen LogP) is 4.77. The number of anilines is 1. The van der Waals surface area contributed by atoms with E-state index in [1.807, 2.05) is 6.92 Å². The summed E-state index contributed by atoms with van der Waals surface area (Å²) in [6.45, 7) is 9.81. The Labute approximate surface area is 162 Å². The molecule has 2 atom stereocenters. The van der Waals surface area contributed by atoms with Crippen molar-refractivity contribution in [2.45, 2.75) is 53.1 Å². The summed E-state index contributed by atoms with van der Waals surface area (Å²) in [5, 5.41) is 6.35. The molecule has 0 saturated carbocycles. The van der Waals surface area contributed by atoms with Gasteiger partial charge < -0.3 is 5.32 Å². The Morgan fingerprint density at radius 2 is 1.67 bits per heavy atom. The third kappa shape index (κ3) is 5.76. The van der Waals surface area contributed by atoms with E-state index in [2.05, 4.69) is 55.7 Å². The highest BCUT2D eigenvalue weighted by Gasteiger charge is 2.22. The van der Waals surface area contributed by atoms with Gasteiger partial charge in [-0.05, 0) is 49.4 Å². The van der Waals surface area contributed by atoms with Crippen LogP contribution in [0, 0.1) is 5.92 Å². The van der Waals surface area contributed by atoms with Gasteiger partial charge in [-0.3, -0.25) is 14.9 Å².